The lowest BCUT2D eigenvalue weighted by atomic mass is 10.2. The summed E-state index contributed by atoms with van der Waals surface area (Å²) >= 11 is 0. The summed E-state index contributed by atoms with van der Waals surface area (Å²) in [7, 11) is 0. The Hall–Kier alpha value is -1.42. The molecule has 0 fully saturated rings. The minimum Gasteiger partial charge on any atom is -0.494 e. The number of hydrogen-bond donors (Lipinski definition) is 0. The Morgan fingerprint density at radius 2 is 2.33 bits per heavy atom. The van der Waals surface area contributed by atoms with Gasteiger partial charge in [0, 0.05) is 5.56 Å². The van der Waals surface area contributed by atoms with Crippen molar-refractivity contribution in [1.82, 2.24) is 0 Å². The fraction of sp³-hybridized carbons (Fsp3) is 0.273. The third kappa shape index (κ3) is 2.32. The molecule has 62 valence electrons. The zero-order valence-corrected chi connectivity index (χ0v) is 7.21. The van der Waals surface area contributed by atoms with Crippen LogP contribution in [-0.2, 0) is 0 Å². The lowest BCUT2D eigenvalue weighted by molar-refractivity contribution is 0.317. The predicted octanol–water partition coefficient (Wildman–Crippen LogP) is 2.46. The van der Waals surface area contributed by atoms with Crippen LogP contribution in [0.15, 0.2) is 24.3 Å². The highest BCUT2D eigenvalue weighted by Gasteiger charge is 1.92. The van der Waals surface area contributed by atoms with Gasteiger partial charge in [0.15, 0.2) is 0 Å². The summed E-state index contributed by atoms with van der Waals surface area (Å²) in [5, 5.41) is 0. The molecule has 0 bridgehead atoms. The molecule has 0 N–H and O–H groups in total. The number of terminal acetylenes is 1. The number of hydrogen-bond acceptors (Lipinski definition) is 1. The van der Waals surface area contributed by atoms with E-state index in [1.807, 2.05) is 24.3 Å². The van der Waals surface area contributed by atoms with Crippen LogP contribution in [0.4, 0.5) is 0 Å². The van der Waals surface area contributed by atoms with Gasteiger partial charge < -0.3 is 4.74 Å². The van der Waals surface area contributed by atoms with Crippen molar-refractivity contribution in [2.75, 3.05) is 6.61 Å². The molecule has 1 aromatic rings. The molecule has 0 unspecified atom stereocenters. The molecule has 1 aromatic carbocycles. The maximum absolute atomic E-state index is 5.40. The number of ether oxygens (including phenoxy) is 1. The Labute approximate surface area is 73.4 Å². The molecule has 0 aliphatic rings. The van der Waals surface area contributed by atoms with Gasteiger partial charge in [-0.1, -0.05) is 18.9 Å². The molecular weight excluding hydrogens is 148 g/mol. The lowest BCUT2D eigenvalue weighted by Crippen LogP contribution is -1.94. The first-order valence-electron chi connectivity index (χ1n) is 4.06. The van der Waals surface area contributed by atoms with Gasteiger partial charge in [-0.25, -0.2) is 0 Å². The Bertz CT molecular complexity index is 283. The minimum atomic E-state index is 0.744. The summed E-state index contributed by atoms with van der Waals surface area (Å²) in [4.78, 5) is 0. The summed E-state index contributed by atoms with van der Waals surface area (Å²) in [5.74, 6) is 3.42. The number of benzene rings is 1. The van der Waals surface area contributed by atoms with E-state index in [1.165, 1.54) is 0 Å². The van der Waals surface area contributed by atoms with Crippen molar-refractivity contribution in [2.24, 2.45) is 0 Å². The highest BCUT2D eigenvalue weighted by Crippen LogP contribution is 2.12. The third-order valence-electron chi connectivity index (χ3n) is 1.47. The van der Waals surface area contributed by atoms with E-state index in [2.05, 4.69) is 12.8 Å². The van der Waals surface area contributed by atoms with Gasteiger partial charge in [-0.3, -0.25) is 0 Å². The van der Waals surface area contributed by atoms with Crippen LogP contribution in [0.1, 0.15) is 18.9 Å². The molecule has 12 heavy (non-hydrogen) atoms. The fourth-order valence-corrected chi connectivity index (χ4v) is 0.896. The van der Waals surface area contributed by atoms with E-state index in [4.69, 9.17) is 11.2 Å². The van der Waals surface area contributed by atoms with Crippen molar-refractivity contribution in [3.05, 3.63) is 29.8 Å². The van der Waals surface area contributed by atoms with Crippen LogP contribution in [0, 0.1) is 12.3 Å². The van der Waals surface area contributed by atoms with Crippen LogP contribution in [0.5, 0.6) is 5.75 Å². The Morgan fingerprint density at radius 3 is 3.00 bits per heavy atom. The average Bonchev–Trinajstić information content (AvgIpc) is 2.15. The van der Waals surface area contributed by atoms with Gasteiger partial charge in [0.25, 0.3) is 0 Å². The first-order valence-corrected chi connectivity index (χ1v) is 4.06. The quantitative estimate of drug-likeness (QED) is 0.617. The van der Waals surface area contributed by atoms with Gasteiger partial charge in [0.2, 0.25) is 0 Å². The molecule has 0 aromatic heterocycles. The van der Waals surface area contributed by atoms with E-state index in [-0.39, 0.29) is 0 Å². The average molecular weight is 160 g/mol. The second-order valence-electron chi connectivity index (χ2n) is 2.52. The van der Waals surface area contributed by atoms with E-state index < -0.39 is 0 Å². The van der Waals surface area contributed by atoms with Crippen molar-refractivity contribution < 1.29 is 4.74 Å². The first-order chi connectivity index (χ1) is 5.86. The zero-order chi connectivity index (χ0) is 8.81. The molecule has 0 radical (unpaired) electrons. The summed E-state index contributed by atoms with van der Waals surface area (Å²) in [5.41, 5.74) is 0.864. The molecule has 0 amide bonds. The smallest absolute Gasteiger partial charge is 0.120 e. The second kappa shape index (κ2) is 4.46. The van der Waals surface area contributed by atoms with E-state index in [1.54, 1.807) is 0 Å². The molecule has 0 saturated heterocycles. The van der Waals surface area contributed by atoms with Crippen molar-refractivity contribution in [1.29, 1.82) is 0 Å². The molecule has 1 rings (SSSR count). The van der Waals surface area contributed by atoms with Gasteiger partial charge in [-0.05, 0) is 24.6 Å². The Kier molecular flexibility index (Phi) is 3.22. The molecule has 0 atom stereocenters. The minimum absolute atomic E-state index is 0.744. The van der Waals surface area contributed by atoms with Crippen LogP contribution in [0.2, 0.25) is 0 Å². The van der Waals surface area contributed by atoms with Crippen LogP contribution in [0.3, 0.4) is 0 Å². The summed E-state index contributed by atoms with van der Waals surface area (Å²) in [6.45, 7) is 2.82. The maximum atomic E-state index is 5.40. The largest absolute Gasteiger partial charge is 0.494 e. The third-order valence-corrected chi connectivity index (χ3v) is 1.47. The predicted molar refractivity (Wildman–Crippen MR) is 50.2 cm³/mol. The van der Waals surface area contributed by atoms with Gasteiger partial charge >= 0.3 is 0 Å². The van der Waals surface area contributed by atoms with E-state index in [9.17, 15) is 0 Å². The SMILES string of the molecule is C#Cc1cccc(OCCC)c1. The van der Waals surface area contributed by atoms with Crippen molar-refractivity contribution in [3.8, 4) is 18.1 Å². The topological polar surface area (TPSA) is 9.23 Å². The Balaban J connectivity index is 2.68. The highest BCUT2D eigenvalue weighted by atomic mass is 16.5. The fourth-order valence-electron chi connectivity index (χ4n) is 0.896. The maximum Gasteiger partial charge on any atom is 0.120 e. The molecule has 0 heterocycles. The monoisotopic (exact) mass is 160 g/mol. The molecule has 0 saturated carbocycles. The molecule has 1 nitrogen and oxygen atoms in total. The Morgan fingerprint density at radius 1 is 1.50 bits per heavy atom. The second-order valence-corrected chi connectivity index (χ2v) is 2.52. The van der Waals surface area contributed by atoms with E-state index in [0.29, 0.717) is 0 Å². The van der Waals surface area contributed by atoms with Crippen LogP contribution >= 0.6 is 0 Å². The van der Waals surface area contributed by atoms with Crippen LogP contribution < -0.4 is 4.74 Å². The van der Waals surface area contributed by atoms with E-state index >= 15 is 0 Å². The molecular formula is C11H12O. The molecule has 0 spiro atoms. The van der Waals surface area contributed by atoms with Crippen LogP contribution in [-0.4, -0.2) is 6.61 Å². The summed E-state index contributed by atoms with van der Waals surface area (Å²) in [6.07, 6.45) is 6.26. The van der Waals surface area contributed by atoms with Crippen molar-refractivity contribution in [2.45, 2.75) is 13.3 Å². The lowest BCUT2D eigenvalue weighted by Gasteiger charge is -2.03. The van der Waals surface area contributed by atoms with Gasteiger partial charge in [-0.2, -0.15) is 0 Å². The molecule has 0 aliphatic carbocycles. The van der Waals surface area contributed by atoms with Gasteiger partial charge in [-0.15, -0.1) is 6.42 Å². The first kappa shape index (κ1) is 8.67. The zero-order valence-electron chi connectivity index (χ0n) is 7.21. The highest BCUT2D eigenvalue weighted by molar-refractivity contribution is 5.38. The van der Waals surface area contributed by atoms with Crippen molar-refractivity contribution in [3.63, 3.8) is 0 Å². The molecule has 0 aliphatic heterocycles. The van der Waals surface area contributed by atoms with E-state index in [0.717, 1.165) is 24.3 Å². The number of rotatable bonds is 3. The standard InChI is InChI=1S/C11H12O/c1-3-8-12-11-7-5-6-10(4-2)9-11/h2,5-7,9H,3,8H2,1H3. The summed E-state index contributed by atoms with van der Waals surface area (Å²) < 4.78 is 5.40. The molecule has 1 heteroatoms. The summed E-state index contributed by atoms with van der Waals surface area (Å²) in [6, 6.07) is 7.57. The van der Waals surface area contributed by atoms with Crippen LogP contribution in [0.25, 0.3) is 0 Å². The van der Waals surface area contributed by atoms with Gasteiger partial charge in [0.05, 0.1) is 6.61 Å². The van der Waals surface area contributed by atoms with Crippen molar-refractivity contribution >= 4 is 0 Å². The van der Waals surface area contributed by atoms with Gasteiger partial charge in [0.1, 0.15) is 5.75 Å². The normalized spacial score (nSPS) is 9.00.